The van der Waals surface area contributed by atoms with Gasteiger partial charge in [-0.05, 0) is 49.0 Å². The van der Waals surface area contributed by atoms with Crippen LogP contribution in [0.2, 0.25) is 12.1 Å². The van der Waals surface area contributed by atoms with Crippen molar-refractivity contribution in [3.8, 4) is 0 Å². The topological polar surface area (TPSA) is 62.3 Å². The molecule has 172 valence electrons. The third-order valence-corrected chi connectivity index (χ3v) is 12.8. The van der Waals surface area contributed by atoms with Crippen LogP contribution in [-0.4, -0.2) is 37.1 Å². The van der Waals surface area contributed by atoms with Crippen LogP contribution in [0, 0.1) is 0 Å². The van der Waals surface area contributed by atoms with E-state index in [1.807, 2.05) is 6.07 Å². The predicted octanol–water partition coefficient (Wildman–Crippen LogP) is 4.36. The third kappa shape index (κ3) is 5.29. The Balaban J connectivity index is 1.44. The molecule has 0 radical (unpaired) electrons. The van der Waals surface area contributed by atoms with Gasteiger partial charge in [0, 0.05) is 45.9 Å². The lowest BCUT2D eigenvalue weighted by molar-refractivity contribution is -0.121. The van der Waals surface area contributed by atoms with Crippen LogP contribution in [0.5, 0.6) is 0 Å². The fourth-order valence-corrected chi connectivity index (χ4v) is 9.79. The molecule has 2 aromatic rings. The molecule has 1 aromatic carbocycles. The van der Waals surface area contributed by atoms with Crippen LogP contribution in [0.3, 0.4) is 0 Å². The highest BCUT2D eigenvalue weighted by atomic mass is 28.3. The second-order valence-electron chi connectivity index (χ2n) is 8.54. The average Bonchev–Trinajstić information content (AvgIpc) is 3.13. The summed E-state index contributed by atoms with van der Waals surface area (Å²) in [7, 11) is -1.73. The molecule has 0 saturated heterocycles. The van der Waals surface area contributed by atoms with Crippen molar-refractivity contribution >= 4 is 30.8 Å². The number of amides is 2. The first-order chi connectivity index (χ1) is 16.4. The molecule has 1 aromatic heterocycles. The number of para-hydroxylation sites is 1. The van der Waals surface area contributed by atoms with Gasteiger partial charge in [0.2, 0.25) is 11.8 Å². The number of carbonyl (C=O) groups excluding carboxylic acids is 2. The minimum atomic E-state index is -1.73. The van der Waals surface area contributed by atoms with Gasteiger partial charge in [-0.1, -0.05) is 56.6 Å². The molecule has 3 unspecified atom stereocenters. The summed E-state index contributed by atoms with van der Waals surface area (Å²) in [6.45, 7) is 7.22. The Morgan fingerprint density at radius 3 is 2.62 bits per heavy atom. The number of anilines is 1. The standard InChI is InChI=1S/C26H37N3O2Si/c1-4-32(5-2)21(3)29(23-13-8-9-14-24(23)32)26(31)15-7-6-10-19-28-25(30)17-16-22-12-11-18-27-20-22/h8-9,11-14,18,20-21H,4-7,10,15-17,19H2,1-3H3,(H,28,30)/i16D,17D. The zero-order valence-electron chi connectivity index (χ0n) is 21.5. The van der Waals surface area contributed by atoms with Crippen LogP contribution >= 0.6 is 0 Å². The van der Waals surface area contributed by atoms with E-state index in [2.05, 4.69) is 54.2 Å². The van der Waals surface area contributed by atoms with E-state index < -0.39 is 26.8 Å². The Kier molecular flexibility index (Phi) is 7.62. The summed E-state index contributed by atoms with van der Waals surface area (Å²) < 4.78 is 16.2. The molecule has 2 amide bonds. The summed E-state index contributed by atoms with van der Waals surface area (Å²) in [6, 6.07) is 14.2. The van der Waals surface area contributed by atoms with Gasteiger partial charge in [0.05, 0.1) is 0 Å². The van der Waals surface area contributed by atoms with Gasteiger partial charge in [0.25, 0.3) is 0 Å². The molecule has 32 heavy (non-hydrogen) atoms. The summed E-state index contributed by atoms with van der Waals surface area (Å²) >= 11 is 0. The van der Waals surface area contributed by atoms with Gasteiger partial charge in [-0.2, -0.15) is 0 Å². The van der Waals surface area contributed by atoms with Crippen molar-refractivity contribution in [1.29, 1.82) is 0 Å². The van der Waals surface area contributed by atoms with E-state index in [4.69, 9.17) is 2.74 Å². The Labute approximate surface area is 196 Å². The normalized spacial score (nSPS) is 19.5. The van der Waals surface area contributed by atoms with E-state index in [0.29, 0.717) is 18.5 Å². The highest BCUT2D eigenvalue weighted by Gasteiger charge is 2.49. The maximum Gasteiger partial charge on any atom is 0.226 e. The molecule has 0 saturated carbocycles. The highest BCUT2D eigenvalue weighted by molar-refractivity contribution is 6.96. The first kappa shape index (κ1) is 21.4. The van der Waals surface area contributed by atoms with E-state index in [-0.39, 0.29) is 11.6 Å². The van der Waals surface area contributed by atoms with Gasteiger partial charge in [-0.25, -0.2) is 0 Å². The zero-order chi connectivity index (χ0) is 24.7. The average molecular weight is 454 g/mol. The number of hydrogen-bond donors (Lipinski definition) is 1. The molecule has 2 heterocycles. The van der Waals surface area contributed by atoms with Crippen LogP contribution < -0.4 is 15.4 Å². The van der Waals surface area contributed by atoms with Crippen LogP contribution in [0.4, 0.5) is 5.69 Å². The number of aryl methyl sites for hydroxylation is 1. The van der Waals surface area contributed by atoms with Crippen molar-refractivity contribution < 1.29 is 12.3 Å². The summed E-state index contributed by atoms with van der Waals surface area (Å²) in [5.74, 6) is -0.247. The Morgan fingerprint density at radius 1 is 1.12 bits per heavy atom. The molecule has 5 nitrogen and oxygen atoms in total. The largest absolute Gasteiger partial charge is 0.356 e. The molecule has 1 aliphatic rings. The van der Waals surface area contributed by atoms with Gasteiger partial charge in [0.15, 0.2) is 0 Å². The number of pyridine rings is 1. The number of carbonyl (C=O) groups is 2. The van der Waals surface area contributed by atoms with Gasteiger partial charge >= 0.3 is 0 Å². The minimum absolute atomic E-state index is 0.194. The van der Waals surface area contributed by atoms with Gasteiger partial charge in [-0.3, -0.25) is 14.6 Å². The van der Waals surface area contributed by atoms with Gasteiger partial charge < -0.3 is 10.2 Å². The molecule has 3 atom stereocenters. The Hall–Kier alpha value is -2.47. The highest BCUT2D eigenvalue weighted by Crippen LogP contribution is 2.36. The molecule has 6 heteroatoms. The lowest BCUT2D eigenvalue weighted by Crippen LogP contribution is -2.55. The number of nitrogens with zero attached hydrogens (tertiary/aromatic N) is 2. The SMILES string of the molecule is [2H]C(C(=O)NCCCCCC(=O)N1c2ccccc2[Si](CC)(CC)C1C)C([2H])c1cccnc1. The van der Waals surface area contributed by atoms with Crippen molar-refractivity contribution in [2.75, 3.05) is 11.4 Å². The second-order valence-corrected chi connectivity index (χ2v) is 13.6. The zero-order valence-corrected chi connectivity index (χ0v) is 20.5. The van der Waals surface area contributed by atoms with Crippen LogP contribution in [0.15, 0.2) is 48.8 Å². The van der Waals surface area contributed by atoms with Crippen molar-refractivity contribution in [1.82, 2.24) is 10.3 Å². The monoisotopic (exact) mass is 453 g/mol. The molecule has 0 fully saturated rings. The first-order valence-corrected chi connectivity index (χ1v) is 14.3. The molecular weight excluding hydrogens is 414 g/mol. The lowest BCUT2D eigenvalue weighted by Gasteiger charge is -2.33. The van der Waals surface area contributed by atoms with Crippen molar-refractivity contribution in [3.63, 3.8) is 0 Å². The number of benzene rings is 1. The van der Waals surface area contributed by atoms with Gasteiger partial charge in [-0.15, -0.1) is 0 Å². The third-order valence-electron chi connectivity index (χ3n) is 6.90. The molecule has 3 rings (SSSR count). The number of aromatic nitrogens is 1. The molecule has 1 N–H and O–H groups in total. The Morgan fingerprint density at radius 2 is 1.91 bits per heavy atom. The molecule has 0 spiro atoms. The van der Waals surface area contributed by atoms with E-state index in [0.717, 1.165) is 37.0 Å². The summed E-state index contributed by atoms with van der Waals surface area (Å²) in [5.41, 5.74) is 1.95. The van der Waals surface area contributed by atoms with Crippen LogP contribution in [-0.2, 0) is 16.0 Å². The molecule has 0 aliphatic carbocycles. The first-order valence-electron chi connectivity index (χ1n) is 13.0. The number of rotatable bonds is 11. The van der Waals surface area contributed by atoms with Crippen molar-refractivity contribution in [2.45, 2.75) is 77.0 Å². The van der Waals surface area contributed by atoms with Crippen molar-refractivity contribution in [3.05, 3.63) is 54.4 Å². The smallest absolute Gasteiger partial charge is 0.226 e. The Bertz CT molecular complexity index is 972. The van der Waals surface area contributed by atoms with E-state index >= 15 is 0 Å². The molecule has 1 aliphatic heterocycles. The van der Waals surface area contributed by atoms with E-state index in [9.17, 15) is 9.59 Å². The number of hydrogen-bond acceptors (Lipinski definition) is 3. The van der Waals surface area contributed by atoms with Crippen molar-refractivity contribution in [2.24, 2.45) is 0 Å². The fraction of sp³-hybridized carbons (Fsp3) is 0.500. The maximum atomic E-state index is 13.2. The molecular formula is C26H37N3O2Si. The quantitative estimate of drug-likeness (QED) is 0.406. The number of nitrogens with one attached hydrogen (secondary N) is 1. The lowest BCUT2D eigenvalue weighted by atomic mass is 10.1. The molecule has 0 bridgehead atoms. The van der Waals surface area contributed by atoms with Crippen LogP contribution in [0.1, 0.15) is 61.2 Å². The maximum absolute atomic E-state index is 13.2. The number of fused-ring (bicyclic) bond motifs is 1. The summed E-state index contributed by atoms with van der Waals surface area (Å²) in [6.07, 6.45) is 3.83. The predicted molar refractivity (Wildman–Crippen MR) is 134 cm³/mol. The second kappa shape index (κ2) is 11.4. The van der Waals surface area contributed by atoms with E-state index in [1.54, 1.807) is 18.3 Å². The number of unbranched alkanes of at least 4 members (excludes halogenated alkanes) is 2. The van der Waals surface area contributed by atoms with Gasteiger partial charge in [0.1, 0.15) is 8.07 Å². The summed E-state index contributed by atoms with van der Waals surface area (Å²) in [4.78, 5) is 31.5. The van der Waals surface area contributed by atoms with E-state index in [1.165, 1.54) is 11.4 Å². The fourth-order valence-electron chi connectivity index (χ4n) is 4.97. The summed E-state index contributed by atoms with van der Waals surface area (Å²) in [5, 5.41) is 4.19. The minimum Gasteiger partial charge on any atom is -0.356 e. The van der Waals surface area contributed by atoms with Crippen LogP contribution in [0.25, 0.3) is 0 Å².